The maximum Gasteiger partial charge on any atom is 0.391 e. The molecule has 0 atom stereocenters. The van der Waals surface area contributed by atoms with Crippen molar-refractivity contribution in [3.63, 3.8) is 0 Å². The highest BCUT2D eigenvalue weighted by molar-refractivity contribution is 5.79. The van der Waals surface area contributed by atoms with E-state index in [2.05, 4.69) is 10.2 Å². The third-order valence-corrected chi connectivity index (χ3v) is 5.82. The maximum atomic E-state index is 12.8. The van der Waals surface area contributed by atoms with Crippen LogP contribution in [0.1, 0.15) is 25.7 Å². The zero-order chi connectivity index (χ0) is 20.4. The predicted octanol–water partition coefficient (Wildman–Crippen LogP) is 3.75. The molecule has 0 spiro atoms. The van der Waals surface area contributed by atoms with Crippen LogP contribution in [0.25, 0.3) is 11.5 Å². The molecule has 2 aliphatic heterocycles. The van der Waals surface area contributed by atoms with Crippen LogP contribution in [-0.4, -0.2) is 53.4 Å². The van der Waals surface area contributed by atoms with E-state index in [0.717, 1.165) is 5.56 Å². The molecule has 1 amide bonds. The predicted molar refractivity (Wildman–Crippen MR) is 100 cm³/mol. The fourth-order valence-corrected chi connectivity index (χ4v) is 4.04. The number of carbonyl (C=O) groups excluding carboxylic acids is 1. The number of aromatic nitrogens is 2. The molecule has 156 valence electrons. The van der Waals surface area contributed by atoms with Crippen molar-refractivity contribution in [2.24, 2.45) is 11.8 Å². The molecule has 0 unspecified atom stereocenters. The van der Waals surface area contributed by atoms with Gasteiger partial charge in [-0.1, -0.05) is 23.3 Å². The first kappa shape index (κ1) is 19.7. The van der Waals surface area contributed by atoms with Crippen LogP contribution in [0.2, 0.25) is 0 Å². The van der Waals surface area contributed by atoms with Gasteiger partial charge in [-0.2, -0.15) is 13.2 Å². The first-order valence-electron chi connectivity index (χ1n) is 9.91. The Morgan fingerprint density at radius 3 is 2.24 bits per heavy atom. The molecule has 2 aliphatic rings. The molecule has 0 N–H and O–H groups in total. The van der Waals surface area contributed by atoms with E-state index in [1.54, 1.807) is 4.90 Å². The van der Waals surface area contributed by atoms with E-state index in [-0.39, 0.29) is 37.8 Å². The Balaban J connectivity index is 1.30. The zero-order valence-electron chi connectivity index (χ0n) is 15.9. The Morgan fingerprint density at radius 2 is 1.62 bits per heavy atom. The first-order chi connectivity index (χ1) is 13.9. The lowest BCUT2D eigenvalue weighted by Crippen LogP contribution is -2.47. The fraction of sp³-hybridized carbons (Fsp3) is 0.550. The van der Waals surface area contributed by atoms with Gasteiger partial charge in [0.2, 0.25) is 11.8 Å². The zero-order valence-corrected chi connectivity index (χ0v) is 15.9. The van der Waals surface area contributed by atoms with Crippen LogP contribution in [0.5, 0.6) is 0 Å². The largest absolute Gasteiger partial charge is 0.403 e. The number of halogens is 3. The molecular weight excluding hydrogens is 385 g/mol. The van der Waals surface area contributed by atoms with Gasteiger partial charge in [0, 0.05) is 37.7 Å². The van der Waals surface area contributed by atoms with Gasteiger partial charge in [-0.15, -0.1) is 5.10 Å². The molecule has 0 aliphatic carbocycles. The van der Waals surface area contributed by atoms with Crippen LogP contribution in [0.4, 0.5) is 19.2 Å². The number of carbonyl (C=O) groups is 1. The SMILES string of the molecule is O=C(C1CCN(c2nnc(-c3ccccc3)o2)CC1)N1CCC(C(F)(F)F)CC1. The number of anilines is 1. The molecule has 29 heavy (non-hydrogen) atoms. The van der Waals surface area contributed by atoms with Crippen LogP contribution in [0, 0.1) is 11.8 Å². The molecule has 4 rings (SSSR count). The van der Waals surface area contributed by atoms with Crippen molar-refractivity contribution in [1.29, 1.82) is 0 Å². The van der Waals surface area contributed by atoms with E-state index in [1.165, 1.54) is 0 Å². The molecule has 2 aromatic rings. The Kier molecular flexibility index (Phi) is 5.47. The Hall–Kier alpha value is -2.58. The number of hydrogen-bond acceptors (Lipinski definition) is 5. The van der Waals surface area contributed by atoms with Crippen LogP contribution >= 0.6 is 0 Å². The second kappa shape index (κ2) is 8.04. The topological polar surface area (TPSA) is 62.5 Å². The molecule has 0 saturated carbocycles. The minimum Gasteiger partial charge on any atom is -0.403 e. The number of rotatable bonds is 3. The van der Waals surface area contributed by atoms with Gasteiger partial charge < -0.3 is 14.2 Å². The summed E-state index contributed by atoms with van der Waals surface area (Å²) < 4.78 is 44.2. The van der Waals surface area contributed by atoms with Gasteiger partial charge in [-0.25, -0.2) is 0 Å². The summed E-state index contributed by atoms with van der Waals surface area (Å²) >= 11 is 0. The summed E-state index contributed by atoms with van der Waals surface area (Å²) in [6.45, 7) is 1.58. The van der Waals surface area contributed by atoms with E-state index in [1.807, 2.05) is 35.2 Å². The second-order valence-corrected chi connectivity index (χ2v) is 7.66. The summed E-state index contributed by atoms with van der Waals surface area (Å²) in [5.74, 6) is -1.03. The molecule has 6 nitrogen and oxygen atoms in total. The number of piperidine rings is 2. The monoisotopic (exact) mass is 408 g/mol. The van der Waals surface area contributed by atoms with Crippen molar-refractivity contribution >= 4 is 11.9 Å². The number of hydrogen-bond donors (Lipinski definition) is 0. The average molecular weight is 408 g/mol. The van der Waals surface area contributed by atoms with Crippen molar-refractivity contribution in [1.82, 2.24) is 15.1 Å². The Bertz CT molecular complexity index is 824. The molecule has 0 bridgehead atoms. The van der Waals surface area contributed by atoms with Crippen LogP contribution < -0.4 is 4.90 Å². The molecule has 0 radical (unpaired) electrons. The van der Waals surface area contributed by atoms with E-state index in [4.69, 9.17) is 4.42 Å². The summed E-state index contributed by atoms with van der Waals surface area (Å²) in [7, 11) is 0. The van der Waals surface area contributed by atoms with Gasteiger partial charge in [0.05, 0.1) is 5.92 Å². The van der Waals surface area contributed by atoms with E-state index in [0.29, 0.717) is 37.8 Å². The van der Waals surface area contributed by atoms with Gasteiger partial charge in [0.1, 0.15) is 0 Å². The van der Waals surface area contributed by atoms with Crippen molar-refractivity contribution in [2.45, 2.75) is 31.9 Å². The van der Waals surface area contributed by atoms with Gasteiger partial charge in [-0.3, -0.25) is 4.79 Å². The van der Waals surface area contributed by atoms with Crippen molar-refractivity contribution in [2.75, 3.05) is 31.1 Å². The lowest BCUT2D eigenvalue weighted by molar-refractivity contribution is -0.187. The van der Waals surface area contributed by atoms with Gasteiger partial charge in [0.15, 0.2) is 0 Å². The van der Waals surface area contributed by atoms with Crippen LogP contribution in [-0.2, 0) is 4.79 Å². The summed E-state index contributed by atoms with van der Waals surface area (Å²) in [4.78, 5) is 16.3. The molecule has 1 aromatic heterocycles. The number of alkyl halides is 3. The van der Waals surface area contributed by atoms with Gasteiger partial charge >= 0.3 is 12.2 Å². The van der Waals surface area contributed by atoms with Crippen molar-refractivity contribution < 1.29 is 22.4 Å². The summed E-state index contributed by atoms with van der Waals surface area (Å²) in [6.07, 6.45) is -2.91. The second-order valence-electron chi connectivity index (χ2n) is 7.66. The third-order valence-electron chi connectivity index (χ3n) is 5.82. The third kappa shape index (κ3) is 4.38. The number of likely N-dealkylation sites (tertiary alicyclic amines) is 1. The van der Waals surface area contributed by atoms with E-state index < -0.39 is 12.1 Å². The average Bonchev–Trinajstić information content (AvgIpc) is 3.24. The lowest BCUT2D eigenvalue weighted by atomic mass is 9.92. The maximum absolute atomic E-state index is 12.8. The highest BCUT2D eigenvalue weighted by Gasteiger charge is 2.42. The van der Waals surface area contributed by atoms with Crippen LogP contribution in [0.3, 0.4) is 0 Å². The smallest absolute Gasteiger partial charge is 0.391 e. The number of nitrogens with zero attached hydrogens (tertiary/aromatic N) is 4. The molecular formula is C20H23F3N4O2. The Morgan fingerprint density at radius 1 is 0.966 bits per heavy atom. The van der Waals surface area contributed by atoms with Crippen molar-refractivity contribution in [3.05, 3.63) is 30.3 Å². The quantitative estimate of drug-likeness (QED) is 0.774. The summed E-state index contributed by atoms with van der Waals surface area (Å²) in [6, 6.07) is 9.92. The standard InChI is InChI=1S/C20H23F3N4O2/c21-20(22,23)16-8-12-26(13-9-16)18(28)15-6-10-27(11-7-15)19-25-24-17(29-19)14-4-2-1-3-5-14/h1-5,15-16H,6-13H2. The Labute approximate surface area is 166 Å². The highest BCUT2D eigenvalue weighted by atomic mass is 19.4. The van der Waals surface area contributed by atoms with Crippen LogP contribution in [0.15, 0.2) is 34.7 Å². The summed E-state index contributed by atoms with van der Waals surface area (Å²) in [5.41, 5.74) is 0.846. The molecule has 2 saturated heterocycles. The summed E-state index contributed by atoms with van der Waals surface area (Å²) in [5, 5.41) is 8.21. The first-order valence-corrected chi connectivity index (χ1v) is 9.91. The molecule has 2 fully saturated rings. The van der Waals surface area contributed by atoms with E-state index in [9.17, 15) is 18.0 Å². The molecule has 9 heteroatoms. The minimum absolute atomic E-state index is 0.00165. The molecule has 1 aromatic carbocycles. The van der Waals surface area contributed by atoms with Crippen molar-refractivity contribution in [3.8, 4) is 11.5 Å². The number of benzene rings is 1. The van der Waals surface area contributed by atoms with Gasteiger partial charge in [0.25, 0.3) is 0 Å². The highest BCUT2D eigenvalue weighted by Crippen LogP contribution is 2.35. The van der Waals surface area contributed by atoms with E-state index >= 15 is 0 Å². The fourth-order valence-electron chi connectivity index (χ4n) is 4.04. The molecule has 3 heterocycles. The number of amides is 1. The minimum atomic E-state index is -4.16. The normalized spacial score (nSPS) is 19.6. The lowest BCUT2D eigenvalue weighted by Gasteiger charge is -2.37. The van der Waals surface area contributed by atoms with Gasteiger partial charge in [-0.05, 0) is 37.8 Å².